The van der Waals surface area contributed by atoms with Crippen LogP contribution in [0.2, 0.25) is 0 Å². The fourth-order valence-electron chi connectivity index (χ4n) is 1.72. The van der Waals surface area contributed by atoms with Gasteiger partial charge in [0.25, 0.3) is 5.91 Å². The molecule has 0 unspecified atom stereocenters. The minimum atomic E-state index is 0.00315. The van der Waals surface area contributed by atoms with E-state index in [-0.39, 0.29) is 24.3 Å². The maximum absolute atomic E-state index is 12.0. The van der Waals surface area contributed by atoms with Crippen molar-refractivity contribution in [2.24, 2.45) is 5.92 Å². The Kier molecular flexibility index (Phi) is 3.20. The Morgan fingerprint density at radius 3 is 2.88 bits per heavy atom. The highest BCUT2D eigenvalue weighted by atomic mass is 32.1. The first-order valence-electron chi connectivity index (χ1n) is 5.35. The van der Waals surface area contributed by atoms with E-state index in [4.69, 9.17) is 5.11 Å². The summed E-state index contributed by atoms with van der Waals surface area (Å²) < 4.78 is 3.84. The molecule has 0 saturated carbocycles. The Hall–Kier alpha value is -1.01. The molecule has 1 amide bonds. The molecule has 0 atom stereocenters. The van der Waals surface area contributed by atoms with Gasteiger partial charge in [0.1, 0.15) is 4.88 Å². The molecular formula is C10H15N3O2S. The first-order chi connectivity index (χ1) is 7.63. The highest BCUT2D eigenvalue weighted by Crippen LogP contribution is 2.24. The minimum Gasteiger partial charge on any atom is -0.396 e. The van der Waals surface area contributed by atoms with Crippen molar-refractivity contribution in [2.75, 3.05) is 19.7 Å². The fraction of sp³-hybridized carbons (Fsp3) is 0.700. The van der Waals surface area contributed by atoms with Crippen molar-refractivity contribution in [3.63, 3.8) is 0 Å². The zero-order valence-corrected chi connectivity index (χ0v) is 10.2. The summed E-state index contributed by atoms with van der Waals surface area (Å²) in [5, 5.41) is 12.9. The number of nitrogens with zero attached hydrogens (tertiary/aromatic N) is 3. The van der Waals surface area contributed by atoms with Crippen LogP contribution in [0.1, 0.15) is 35.1 Å². The van der Waals surface area contributed by atoms with Gasteiger partial charge in [0.15, 0.2) is 0 Å². The third-order valence-corrected chi connectivity index (χ3v) is 3.49. The normalized spacial score (nSPS) is 16.6. The Morgan fingerprint density at radius 2 is 2.31 bits per heavy atom. The molecule has 5 nitrogen and oxygen atoms in total. The Morgan fingerprint density at radius 1 is 1.62 bits per heavy atom. The van der Waals surface area contributed by atoms with Gasteiger partial charge in [-0.1, -0.05) is 18.3 Å². The summed E-state index contributed by atoms with van der Waals surface area (Å²) in [7, 11) is 0. The number of carbonyl (C=O) groups is 1. The largest absolute Gasteiger partial charge is 0.396 e. The SMILES string of the molecule is CC(C)c1nnsc1C(=O)N1CC(CO)C1. The molecule has 0 aromatic carbocycles. The number of rotatable bonds is 3. The van der Waals surface area contributed by atoms with Gasteiger partial charge >= 0.3 is 0 Å². The lowest BCUT2D eigenvalue weighted by Gasteiger charge is -2.37. The third kappa shape index (κ3) is 1.94. The molecule has 0 bridgehead atoms. The van der Waals surface area contributed by atoms with Crippen LogP contribution in [-0.4, -0.2) is 45.2 Å². The molecule has 1 fully saturated rings. The Labute approximate surface area is 98.2 Å². The van der Waals surface area contributed by atoms with Gasteiger partial charge in [-0.15, -0.1) is 5.10 Å². The van der Waals surface area contributed by atoms with E-state index in [0.717, 1.165) is 17.2 Å². The molecule has 6 heteroatoms. The first-order valence-corrected chi connectivity index (χ1v) is 6.13. The summed E-state index contributed by atoms with van der Waals surface area (Å²) in [6, 6.07) is 0. The summed E-state index contributed by atoms with van der Waals surface area (Å²) in [4.78, 5) is 14.4. The lowest BCUT2D eigenvalue weighted by atomic mass is 10.0. The Bertz CT molecular complexity index is 385. The van der Waals surface area contributed by atoms with Crippen LogP contribution in [-0.2, 0) is 0 Å². The van der Waals surface area contributed by atoms with Gasteiger partial charge in [0, 0.05) is 25.6 Å². The van der Waals surface area contributed by atoms with Gasteiger partial charge in [-0.25, -0.2) is 0 Å². The molecule has 1 aromatic rings. The summed E-state index contributed by atoms with van der Waals surface area (Å²) in [6.45, 7) is 5.44. The monoisotopic (exact) mass is 241 g/mol. The molecule has 1 N–H and O–H groups in total. The van der Waals surface area contributed by atoms with E-state index in [2.05, 4.69) is 9.59 Å². The second-order valence-corrected chi connectivity index (χ2v) is 5.15. The van der Waals surface area contributed by atoms with Crippen LogP contribution in [0.4, 0.5) is 0 Å². The molecule has 1 saturated heterocycles. The molecule has 16 heavy (non-hydrogen) atoms. The average molecular weight is 241 g/mol. The number of amides is 1. The molecule has 2 heterocycles. The van der Waals surface area contributed by atoms with E-state index < -0.39 is 0 Å². The number of aromatic nitrogens is 2. The molecule has 1 aliphatic heterocycles. The lowest BCUT2D eigenvalue weighted by Crippen LogP contribution is -2.51. The summed E-state index contributed by atoms with van der Waals surface area (Å²) >= 11 is 1.16. The summed E-state index contributed by atoms with van der Waals surface area (Å²) in [6.07, 6.45) is 0. The lowest BCUT2D eigenvalue weighted by molar-refractivity contribution is 0.0365. The number of carbonyl (C=O) groups excluding carboxylic acids is 1. The van der Waals surface area contributed by atoms with Crippen LogP contribution < -0.4 is 0 Å². The van der Waals surface area contributed by atoms with Gasteiger partial charge < -0.3 is 10.0 Å². The van der Waals surface area contributed by atoms with Crippen molar-refractivity contribution in [1.82, 2.24) is 14.5 Å². The number of hydrogen-bond acceptors (Lipinski definition) is 5. The van der Waals surface area contributed by atoms with Crippen LogP contribution in [0.25, 0.3) is 0 Å². The van der Waals surface area contributed by atoms with Gasteiger partial charge in [-0.05, 0) is 17.5 Å². The van der Waals surface area contributed by atoms with Crippen molar-refractivity contribution in [2.45, 2.75) is 19.8 Å². The van der Waals surface area contributed by atoms with Crippen molar-refractivity contribution in [3.8, 4) is 0 Å². The van der Waals surface area contributed by atoms with Gasteiger partial charge in [0.2, 0.25) is 0 Å². The summed E-state index contributed by atoms with van der Waals surface area (Å²) in [5.41, 5.74) is 0.780. The predicted octanol–water partition coefficient (Wildman–Crippen LogP) is 0.726. The topological polar surface area (TPSA) is 66.3 Å². The highest BCUT2D eigenvalue weighted by molar-refractivity contribution is 7.08. The van der Waals surface area contributed by atoms with E-state index in [9.17, 15) is 4.79 Å². The van der Waals surface area contributed by atoms with Gasteiger partial charge in [0.05, 0.1) is 5.69 Å². The highest BCUT2D eigenvalue weighted by Gasteiger charge is 2.33. The number of likely N-dealkylation sites (tertiary alicyclic amines) is 1. The fourth-order valence-corrected chi connectivity index (χ4v) is 2.51. The van der Waals surface area contributed by atoms with E-state index >= 15 is 0 Å². The van der Waals surface area contributed by atoms with Crippen molar-refractivity contribution in [1.29, 1.82) is 0 Å². The van der Waals surface area contributed by atoms with E-state index in [1.807, 2.05) is 13.8 Å². The van der Waals surface area contributed by atoms with Crippen LogP contribution in [0.15, 0.2) is 0 Å². The molecule has 88 valence electrons. The molecular weight excluding hydrogens is 226 g/mol. The van der Waals surface area contributed by atoms with Gasteiger partial charge in [-0.3, -0.25) is 4.79 Å². The molecule has 0 aliphatic carbocycles. The zero-order valence-electron chi connectivity index (χ0n) is 9.38. The van der Waals surface area contributed by atoms with Crippen LogP contribution in [0.5, 0.6) is 0 Å². The molecule has 0 spiro atoms. The average Bonchev–Trinajstić information content (AvgIpc) is 2.63. The number of hydrogen-bond donors (Lipinski definition) is 1. The van der Waals surface area contributed by atoms with Crippen LogP contribution >= 0.6 is 11.5 Å². The molecule has 1 aliphatic rings. The smallest absolute Gasteiger partial charge is 0.267 e. The molecule has 1 aromatic heterocycles. The maximum atomic E-state index is 12.0. The second-order valence-electron chi connectivity index (χ2n) is 4.40. The third-order valence-electron chi connectivity index (χ3n) is 2.76. The minimum absolute atomic E-state index is 0.00315. The number of aliphatic hydroxyl groups excluding tert-OH is 1. The second kappa shape index (κ2) is 4.47. The van der Waals surface area contributed by atoms with E-state index in [1.165, 1.54) is 0 Å². The maximum Gasteiger partial charge on any atom is 0.267 e. The quantitative estimate of drug-likeness (QED) is 0.847. The standard InChI is InChI=1S/C10H15N3O2S/c1-6(2)8-9(16-12-11-8)10(15)13-3-7(4-13)5-14/h6-7,14H,3-5H2,1-2H3. The molecule has 2 rings (SSSR count). The van der Waals surface area contributed by atoms with Crippen molar-refractivity contribution in [3.05, 3.63) is 10.6 Å². The molecule has 0 radical (unpaired) electrons. The Balaban J connectivity index is 2.07. The van der Waals surface area contributed by atoms with Gasteiger partial charge in [-0.2, -0.15) is 0 Å². The van der Waals surface area contributed by atoms with Crippen LogP contribution in [0, 0.1) is 5.92 Å². The zero-order chi connectivity index (χ0) is 11.7. The van der Waals surface area contributed by atoms with Crippen LogP contribution in [0.3, 0.4) is 0 Å². The summed E-state index contributed by atoms with van der Waals surface area (Å²) in [5.74, 6) is 0.461. The number of aliphatic hydroxyl groups is 1. The van der Waals surface area contributed by atoms with E-state index in [1.54, 1.807) is 4.90 Å². The first kappa shape index (κ1) is 11.5. The predicted molar refractivity (Wildman–Crippen MR) is 60.5 cm³/mol. The van der Waals surface area contributed by atoms with E-state index in [0.29, 0.717) is 18.0 Å². The van der Waals surface area contributed by atoms with Crippen molar-refractivity contribution < 1.29 is 9.90 Å². The van der Waals surface area contributed by atoms with Crippen molar-refractivity contribution >= 4 is 17.4 Å².